The second-order valence-corrected chi connectivity index (χ2v) is 9.46. The Kier molecular flexibility index (Phi) is 5.38. The second kappa shape index (κ2) is 8.21. The molecule has 0 spiro atoms. The Balaban J connectivity index is 1.59. The first-order valence-electron chi connectivity index (χ1n) is 10.7. The van der Waals surface area contributed by atoms with E-state index in [0.717, 1.165) is 23.9 Å². The van der Waals surface area contributed by atoms with Crippen molar-refractivity contribution in [2.24, 2.45) is 0 Å². The number of rotatable bonds is 4. The zero-order valence-corrected chi connectivity index (χ0v) is 20.1. The summed E-state index contributed by atoms with van der Waals surface area (Å²) in [7, 11) is 1.24. The lowest BCUT2D eigenvalue weighted by molar-refractivity contribution is -0.129. The third-order valence-electron chi connectivity index (χ3n) is 6.27. The number of aromatic hydroxyl groups is 1. The number of hydrogen-bond acceptors (Lipinski definition) is 10. The van der Waals surface area contributed by atoms with Gasteiger partial charge in [0.15, 0.2) is 17.3 Å². The van der Waals surface area contributed by atoms with Gasteiger partial charge in [-0.25, -0.2) is 4.79 Å². The average Bonchev–Trinajstić information content (AvgIpc) is 3.44. The van der Waals surface area contributed by atoms with Gasteiger partial charge in [0.05, 0.1) is 12.1 Å². The number of ketones is 2. The third-order valence-corrected chi connectivity index (χ3v) is 7.15. The van der Waals surface area contributed by atoms with E-state index in [1.165, 1.54) is 25.4 Å². The standard InChI is InChI=1S/C24H20N2O9S/c1-10(27)16-12(28)8-15-24(2,20(16)30)18-13(29)7-14-17(19(18)35-15)21(31)26(23(33-3)34-14)22(32)25-9-11-5-4-6-36-11/h4-8,23,28-29H,9H2,1-3H3,(H,25,32)/t23?,24-/m1/s1. The number of hydrogen-bond donors (Lipinski definition) is 3. The van der Waals surface area contributed by atoms with Crippen LogP contribution < -0.4 is 14.8 Å². The molecule has 12 heteroatoms. The van der Waals surface area contributed by atoms with E-state index in [1.54, 1.807) is 0 Å². The first-order valence-corrected chi connectivity index (χ1v) is 11.6. The van der Waals surface area contributed by atoms with Gasteiger partial charge in [-0.3, -0.25) is 14.4 Å². The van der Waals surface area contributed by atoms with E-state index in [2.05, 4.69) is 5.32 Å². The molecule has 11 nitrogen and oxygen atoms in total. The van der Waals surface area contributed by atoms with Crippen LogP contribution in [0.5, 0.6) is 17.2 Å². The predicted octanol–water partition coefficient (Wildman–Crippen LogP) is 2.65. The van der Waals surface area contributed by atoms with Crippen LogP contribution in [-0.4, -0.2) is 52.1 Å². The molecule has 2 atom stereocenters. The normalized spacial score (nSPS) is 22.2. The molecule has 0 fully saturated rings. The van der Waals surface area contributed by atoms with E-state index in [4.69, 9.17) is 14.2 Å². The summed E-state index contributed by atoms with van der Waals surface area (Å²) < 4.78 is 16.7. The highest BCUT2D eigenvalue weighted by Crippen LogP contribution is 2.57. The molecule has 186 valence electrons. The van der Waals surface area contributed by atoms with Gasteiger partial charge in [0.1, 0.15) is 39.6 Å². The minimum atomic E-state index is -1.70. The number of carbonyl (C=O) groups excluding carboxylic acids is 4. The number of carbonyl (C=O) groups is 4. The molecule has 0 bridgehead atoms. The van der Waals surface area contributed by atoms with Crippen molar-refractivity contribution in [1.82, 2.24) is 10.2 Å². The molecule has 5 rings (SSSR count). The number of benzene rings is 1. The molecule has 2 aromatic rings. The lowest BCUT2D eigenvalue weighted by Crippen LogP contribution is -2.54. The Morgan fingerprint density at radius 2 is 2.06 bits per heavy atom. The monoisotopic (exact) mass is 512 g/mol. The number of aliphatic hydroxyl groups is 1. The Bertz CT molecular complexity index is 1410. The van der Waals surface area contributed by atoms with Crippen molar-refractivity contribution in [2.75, 3.05) is 7.11 Å². The van der Waals surface area contributed by atoms with Crippen LogP contribution in [0.2, 0.25) is 0 Å². The third kappa shape index (κ3) is 3.22. The lowest BCUT2D eigenvalue weighted by atomic mass is 9.71. The number of thiophene rings is 1. The van der Waals surface area contributed by atoms with Gasteiger partial charge < -0.3 is 29.7 Å². The van der Waals surface area contributed by atoms with Crippen molar-refractivity contribution in [3.63, 3.8) is 0 Å². The summed E-state index contributed by atoms with van der Waals surface area (Å²) >= 11 is 1.42. The number of nitrogens with one attached hydrogen (secondary N) is 1. The van der Waals surface area contributed by atoms with Gasteiger partial charge in [0.25, 0.3) is 12.3 Å². The Morgan fingerprint density at radius 3 is 2.69 bits per heavy atom. The van der Waals surface area contributed by atoms with Crippen LogP contribution >= 0.6 is 11.3 Å². The number of amides is 3. The molecule has 3 heterocycles. The van der Waals surface area contributed by atoms with Gasteiger partial charge in [0.2, 0.25) is 0 Å². The number of phenolic OH excluding ortho intramolecular Hbond substituents is 1. The molecule has 0 saturated heterocycles. The first kappa shape index (κ1) is 23.6. The van der Waals surface area contributed by atoms with Crippen LogP contribution in [0.4, 0.5) is 4.79 Å². The van der Waals surface area contributed by atoms with E-state index in [9.17, 15) is 29.4 Å². The molecule has 1 unspecified atom stereocenters. The molecule has 1 aromatic carbocycles. The van der Waals surface area contributed by atoms with Gasteiger partial charge in [-0.1, -0.05) is 6.07 Å². The molecule has 0 saturated carbocycles. The Hall–Kier alpha value is -4.16. The SMILES string of the molecule is COC1Oc2cc(O)c3c(c2C(=O)N1C(=O)NCc1cccs1)OC1=CC(O)=C(C(C)=O)C(=O)[C@]13C. The van der Waals surface area contributed by atoms with Crippen molar-refractivity contribution < 1.29 is 43.6 Å². The number of fused-ring (bicyclic) bond motifs is 5. The molecule has 1 aliphatic carbocycles. The maximum atomic E-state index is 13.6. The van der Waals surface area contributed by atoms with Crippen molar-refractivity contribution >= 4 is 34.8 Å². The minimum absolute atomic E-state index is 0.0875. The highest BCUT2D eigenvalue weighted by atomic mass is 32.1. The molecule has 3 N–H and O–H groups in total. The van der Waals surface area contributed by atoms with Crippen LogP contribution in [0.1, 0.15) is 34.6 Å². The number of nitrogens with zero attached hydrogens (tertiary/aromatic N) is 1. The second-order valence-electron chi connectivity index (χ2n) is 8.43. The van der Waals surface area contributed by atoms with E-state index >= 15 is 0 Å². The number of methoxy groups -OCH3 is 1. The predicted molar refractivity (Wildman–Crippen MR) is 124 cm³/mol. The summed E-state index contributed by atoms with van der Waals surface area (Å²) in [5, 5.41) is 25.6. The number of imide groups is 1. The summed E-state index contributed by atoms with van der Waals surface area (Å²) in [5.41, 5.74) is -2.47. The van der Waals surface area contributed by atoms with Crippen LogP contribution in [0.3, 0.4) is 0 Å². The maximum absolute atomic E-state index is 13.6. The van der Waals surface area contributed by atoms with Crippen LogP contribution in [0.25, 0.3) is 0 Å². The fourth-order valence-corrected chi connectivity index (χ4v) is 5.16. The number of aliphatic hydroxyl groups excluding tert-OH is 1. The number of Topliss-reactive ketones (excluding diaryl/α,β-unsaturated/α-hetero) is 2. The first-order chi connectivity index (χ1) is 17.1. The van der Waals surface area contributed by atoms with Crippen LogP contribution in [-0.2, 0) is 26.3 Å². The molecular weight excluding hydrogens is 492 g/mol. The van der Waals surface area contributed by atoms with Crippen molar-refractivity contribution in [3.8, 4) is 17.2 Å². The quantitative estimate of drug-likeness (QED) is 0.525. The molecule has 2 aliphatic heterocycles. The zero-order chi connectivity index (χ0) is 25.9. The van der Waals surface area contributed by atoms with E-state index in [1.807, 2.05) is 17.5 Å². The highest BCUT2D eigenvalue weighted by molar-refractivity contribution is 7.09. The molecule has 36 heavy (non-hydrogen) atoms. The summed E-state index contributed by atoms with van der Waals surface area (Å²) in [4.78, 5) is 53.6. The molecule has 1 aromatic heterocycles. The minimum Gasteiger partial charge on any atom is -0.507 e. The smallest absolute Gasteiger partial charge is 0.329 e. The molecule has 3 amide bonds. The lowest BCUT2D eigenvalue weighted by Gasteiger charge is -2.34. The van der Waals surface area contributed by atoms with E-state index in [0.29, 0.717) is 4.90 Å². The number of allylic oxidation sites excluding steroid dienone is 3. The summed E-state index contributed by atoms with van der Waals surface area (Å²) in [6.45, 7) is 2.70. The van der Waals surface area contributed by atoms with E-state index < -0.39 is 52.4 Å². The van der Waals surface area contributed by atoms with E-state index in [-0.39, 0.29) is 34.9 Å². The fourth-order valence-electron chi connectivity index (χ4n) is 4.52. The fraction of sp³-hybridized carbons (Fsp3) is 0.250. The summed E-state index contributed by atoms with van der Waals surface area (Å²) in [5.74, 6) is -3.81. The highest BCUT2D eigenvalue weighted by Gasteiger charge is 2.56. The van der Waals surface area contributed by atoms with Gasteiger partial charge in [0, 0.05) is 24.1 Å². The van der Waals surface area contributed by atoms with Crippen LogP contribution in [0.15, 0.2) is 46.7 Å². The topological polar surface area (TPSA) is 152 Å². The van der Waals surface area contributed by atoms with Crippen LogP contribution in [0, 0.1) is 0 Å². The Labute approximate surface area is 208 Å². The average molecular weight is 512 g/mol. The van der Waals surface area contributed by atoms with Gasteiger partial charge in [-0.15, -0.1) is 11.3 Å². The molecule has 3 aliphatic rings. The molecule has 0 radical (unpaired) electrons. The molecular formula is C24H20N2O9S. The van der Waals surface area contributed by atoms with Crippen molar-refractivity contribution in [1.29, 1.82) is 0 Å². The zero-order valence-electron chi connectivity index (χ0n) is 19.3. The summed E-state index contributed by atoms with van der Waals surface area (Å²) in [6.07, 6.45) is -0.345. The number of ether oxygens (including phenoxy) is 3. The van der Waals surface area contributed by atoms with Gasteiger partial charge >= 0.3 is 6.03 Å². The van der Waals surface area contributed by atoms with Gasteiger partial charge in [-0.2, -0.15) is 4.90 Å². The number of urea groups is 1. The Morgan fingerprint density at radius 1 is 1.31 bits per heavy atom. The van der Waals surface area contributed by atoms with Crippen molar-refractivity contribution in [2.45, 2.75) is 32.2 Å². The van der Waals surface area contributed by atoms with Gasteiger partial charge in [-0.05, 0) is 25.3 Å². The largest absolute Gasteiger partial charge is 0.507 e. The van der Waals surface area contributed by atoms with Crippen molar-refractivity contribution in [3.05, 3.63) is 62.8 Å². The summed E-state index contributed by atoms with van der Waals surface area (Å²) in [6, 6.07) is 3.96. The maximum Gasteiger partial charge on any atom is 0.329 e. The number of phenols is 1.